The SMILES string of the molecule is C=CCC(=C=NC(C)C)c1ccccc1. The van der Waals surface area contributed by atoms with Gasteiger partial charge in [-0.05, 0) is 31.7 Å². The molecule has 0 spiro atoms. The average molecular weight is 199 g/mol. The minimum atomic E-state index is 0.286. The van der Waals surface area contributed by atoms with Crippen LogP contribution in [-0.2, 0) is 0 Å². The number of benzene rings is 1. The molecule has 0 fully saturated rings. The first-order chi connectivity index (χ1) is 7.24. The second-order valence-electron chi connectivity index (χ2n) is 3.67. The molecule has 15 heavy (non-hydrogen) atoms. The van der Waals surface area contributed by atoms with Crippen molar-refractivity contribution in [1.29, 1.82) is 0 Å². The summed E-state index contributed by atoms with van der Waals surface area (Å²) < 4.78 is 0. The molecule has 1 nitrogen and oxygen atoms in total. The topological polar surface area (TPSA) is 12.4 Å². The van der Waals surface area contributed by atoms with Crippen molar-refractivity contribution >= 4 is 11.4 Å². The summed E-state index contributed by atoms with van der Waals surface area (Å²) in [5.41, 5.74) is 2.26. The Morgan fingerprint density at radius 1 is 1.40 bits per heavy atom. The van der Waals surface area contributed by atoms with E-state index in [0.717, 1.165) is 12.0 Å². The molecular formula is C14H17N. The lowest BCUT2D eigenvalue weighted by Crippen LogP contribution is -1.88. The molecule has 1 aromatic carbocycles. The molecule has 1 rings (SSSR count). The van der Waals surface area contributed by atoms with Crippen molar-refractivity contribution in [3.8, 4) is 0 Å². The Morgan fingerprint density at radius 2 is 2.07 bits per heavy atom. The van der Waals surface area contributed by atoms with Crippen LogP contribution < -0.4 is 0 Å². The summed E-state index contributed by atoms with van der Waals surface area (Å²) in [6.45, 7) is 7.84. The molecule has 78 valence electrons. The fourth-order valence-electron chi connectivity index (χ4n) is 1.22. The van der Waals surface area contributed by atoms with Crippen LogP contribution in [0.25, 0.3) is 5.57 Å². The molecule has 0 aliphatic carbocycles. The molecule has 0 atom stereocenters. The Morgan fingerprint density at radius 3 is 2.60 bits per heavy atom. The maximum Gasteiger partial charge on any atom is 0.0537 e. The van der Waals surface area contributed by atoms with Crippen LogP contribution in [-0.4, -0.2) is 11.9 Å². The van der Waals surface area contributed by atoms with E-state index < -0.39 is 0 Å². The average Bonchev–Trinajstić information content (AvgIpc) is 2.25. The number of hydrogen-bond acceptors (Lipinski definition) is 1. The quantitative estimate of drug-likeness (QED) is 0.517. The molecular weight excluding hydrogens is 182 g/mol. The van der Waals surface area contributed by atoms with E-state index in [4.69, 9.17) is 0 Å². The van der Waals surface area contributed by atoms with Gasteiger partial charge in [0.1, 0.15) is 0 Å². The van der Waals surface area contributed by atoms with Gasteiger partial charge < -0.3 is 0 Å². The molecule has 1 heteroatoms. The first-order valence-corrected chi connectivity index (χ1v) is 5.22. The summed E-state index contributed by atoms with van der Waals surface area (Å²) in [7, 11) is 0. The second kappa shape index (κ2) is 6.00. The Labute approximate surface area is 91.9 Å². The highest BCUT2D eigenvalue weighted by atomic mass is 14.7. The minimum absolute atomic E-state index is 0.286. The fourth-order valence-corrected chi connectivity index (χ4v) is 1.22. The summed E-state index contributed by atoms with van der Waals surface area (Å²) >= 11 is 0. The molecule has 0 saturated heterocycles. The normalized spacial score (nSPS) is 9.53. The zero-order valence-corrected chi connectivity index (χ0v) is 9.40. The number of hydrogen-bond donors (Lipinski definition) is 0. The molecule has 0 N–H and O–H groups in total. The van der Waals surface area contributed by atoms with Crippen LogP contribution in [0.1, 0.15) is 25.8 Å². The molecule has 0 heterocycles. The van der Waals surface area contributed by atoms with E-state index in [1.807, 2.05) is 38.1 Å². The number of allylic oxidation sites excluding steroid dienone is 2. The zero-order valence-electron chi connectivity index (χ0n) is 9.40. The van der Waals surface area contributed by atoms with Crippen LogP contribution in [0, 0.1) is 0 Å². The largest absolute Gasteiger partial charge is 0.240 e. The standard InChI is InChI=1S/C14H17N/c1-4-8-14(11-15-12(2)3)13-9-6-5-7-10-13/h4-7,9-10,12H,1,8H2,2-3H3. The second-order valence-corrected chi connectivity index (χ2v) is 3.67. The monoisotopic (exact) mass is 199 g/mol. The first-order valence-electron chi connectivity index (χ1n) is 5.22. The molecule has 0 bridgehead atoms. The van der Waals surface area contributed by atoms with E-state index in [-0.39, 0.29) is 6.04 Å². The first kappa shape index (κ1) is 11.5. The third-order valence-electron chi connectivity index (χ3n) is 1.93. The van der Waals surface area contributed by atoms with E-state index in [0.29, 0.717) is 0 Å². The molecule has 0 aromatic heterocycles. The lowest BCUT2D eigenvalue weighted by molar-refractivity contribution is 0.843. The lowest BCUT2D eigenvalue weighted by atomic mass is 10.0. The highest BCUT2D eigenvalue weighted by molar-refractivity contribution is 5.90. The van der Waals surface area contributed by atoms with Crippen LogP contribution in [0.15, 0.2) is 48.0 Å². The van der Waals surface area contributed by atoms with Crippen molar-refractivity contribution in [3.05, 3.63) is 48.6 Å². The molecule has 0 saturated carbocycles. The fraction of sp³-hybridized carbons (Fsp3) is 0.286. The minimum Gasteiger partial charge on any atom is -0.240 e. The summed E-state index contributed by atoms with van der Waals surface area (Å²) in [4.78, 5) is 4.29. The van der Waals surface area contributed by atoms with Crippen molar-refractivity contribution in [1.82, 2.24) is 0 Å². The van der Waals surface area contributed by atoms with Gasteiger partial charge in [-0.2, -0.15) is 0 Å². The van der Waals surface area contributed by atoms with E-state index >= 15 is 0 Å². The van der Waals surface area contributed by atoms with Gasteiger partial charge in [0.15, 0.2) is 0 Å². The lowest BCUT2D eigenvalue weighted by Gasteiger charge is -2.00. The highest BCUT2D eigenvalue weighted by Crippen LogP contribution is 2.14. The molecule has 0 amide bonds. The third-order valence-corrected chi connectivity index (χ3v) is 1.93. The Kier molecular flexibility index (Phi) is 4.59. The maximum atomic E-state index is 4.29. The van der Waals surface area contributed by atoms with E-state index in [1.165, 1.54) is 5.56 Å². The van der Waals surface area contributed by atoms with Crippen molar-refractivity contribution in [2.75, 3.05) is 0 Å². The van der Waals surface area contributed by atoms with E-state index in [2.05, 4.69) is 29.6 Å². The third kappa shape index (κ3) is 3.97. The van der Waals surface area contributed by atoms with Gasteiger partial charge in [0.05, 0.1) is 6.04 Å². The Bertz CT molecular complexity index is 368. The van der Waals surface area contributed by atoms with Gasteiger partial charge in [-0.1, -0.05) is 36.4 Å². The molecule has 0 aliphatic heterocycles. The van der Waals surface area contributed by atoms with E-state index in [1.54, 1.807) is 0 Å². The van der Waals surface area contributed by atoms with Crippen LogP contribution in [0.4, 0.5) is 0 Å². The van der Waals surface area contributed by atoms with Gasteiger partial charge in [-0.15, -0.1) is 6.58 Å². The van der Waals surface area contributed by atoms with Gasteiger partial charge in [0.25, 0.3) is 0 Å². The Hall–Kier alpha value is -1.59. The molecule has 0 aliphatic rings. The van der Waals surface area contributed by atoms with Gasteiger partial charge in [0.2, 0.25) is 0 Å². The summed E-state index contributed by atoms with van der Waals surface area (Å²) in [5, 5.41) is 0. The van der Waals surface area contributed by atoms with Crippen LogP contribution >= 0.6 is 0 Å². The Balaban J connectivity index is 3.03. The number of rotatable bonds is 4. The zero-order chi connectivity index (χ0) is 11.1. The van der Waals surface area contributed by atoms with Crippen LogP contribution in [0.2, 0.25) is 0 Å². The molecule has 1 aromatic rings. The molecule has 0 radical (unpaired) electrons. The summed E-state index contributed by atoms with van der Waals surface area (Å²) in [5.74, 6) is 3.11. The van der Waals surface area contributed by atoms with Crippen molar-refractivity contribution in [2.45, 2.75) is 26.3 Å². The number of aliphatic imine (C=N–C) groups is 1. The van der Waals surface area contributed by atoms with E-state index in [9.17, 15) is 0 Å². The summed E-state index contributed by atoms with van der Waals surface area (Å²) in [6, 6.07) is 10.5. The smallest absolute Gasteiger partial charge is 0.0537 e. The van der Waals surface area contributed by atoms with Crippen molar-refractivity contribution < 1.29 is 0 Å². The number of nitrogens with zero attached hydrogens (tertiary/aromatic N) is 1. The van der Waals surface area contributed by atoms with Crippen molar-refractivity contribution in [2.24, 2.45) is 4.99 Å². The van der Waals surface area contributed by atoms with Gasteiger partial charge in [-0.3, -0.25) is 0 Å². The summed E-state index contributed by atoms with van der Waals surface area (Å²) in [6.07, 6.45) is 2.69. The van der Waals surface area contributed by atoms with Crippen LogP contribution in [0.3, 0.4) is 0 Å². The maximum absolute atomic E-state index is 4.29. The predicted octanol–water partition coefficient (Wildman–Crippen LogP) is 3.72. The highest BCUT2D eigenvalue weighted by Gasteiger charge is 1.97. The van der Waals surface area contributed by atoms with Crippen molar-refractivity contribution in [3.63, 3.8) is 0 Å². The van der Waals surface area contributed by atoms with Gasteiger partial charge in [0, 0.05) is 5.57 Å². The van der Waals surface area contributed by atoms with Crippen LogP contribution in [0.5, 0.6) is 0 Å². The predicted molar refractivity (Wildman–Crippen MR) is 67.2 cm³/mol. The van der Waals surface area contributed by atoms with Gasteiger partial charge in [-0.25, -0.2) is 4.99 Å². The van der Waals surface area contributed by atoms with Gasteiger partial charge >= 0.3 is 0 Å². The molecule has 0 unspecified atom stereocenters.